The van der Waals surface area contributed by atoms with E-state index in [9.17, 15) is 20.1 Å². The van der Waals surface area contributed by atoms with E-state index in [1.807, 2.05) is 0 Å². The monoisotopic (exact) mass is 644 g/mol. The molecule has 14 unspecified atom stereocenters. The van der Waals surface area contributed by atoms with Gasteiger partial charge >= 0.3 is 5.97 Å². The second-order valence-corrected chi connectivity index (χ2v) is 18.3. The first-order valence-corrected chi connectivity index (χ1v) is 18.3. The molecule has 3 N–H and O–H groups in total. The predicted molar refractivity (Wildman–Crippen MR) is 172 cm³/mol. The van der Waals surface area contributed by atoms with Gasteiger partial charge in [0.25, 0.3) is 0 Å². The summed E-state index contributed by atoms with van der Waals surface area (Å²) in [6, 6.07) is 0. The van der Waals surface area contributed by atoms with Gasteiger partial charge in [-0.1, -0.05) is 41.5 Å². The number of carbonyl (C=O) groups is 1. The van der Waals surface area contributed by atoms with Crippen molar-refractivity contribution in [1.82, 2.24) is 0 Å². The van der Waals surface area contributed by atoms with Gasteiger partial charge in [-0.15, -0.1) is 0 Å². The van der Waals surface area contributed by atoms with Gasteiger partial charge in [-0.3, -0.25) is 4.79 Å². The SMILES string of the molecule is CC(=O)OC(C1CC(C)C2=C(O1)C(C)C1(C)C3CCC4C(C)(C)C(OC5OCCC(O)C5O)CCC45CC35CCC21C)C(C)(C)O. The summed E-state index contributed by atoms with van der Waals surface area (Å²) in [7, 11) is 0. The number of ether oxygens (including phenoxy) is 4. The zero-order chi connectivity index (χ0) is 33.4. The Hall–Kier alpha value is -1.19. The maximum Gasteiger partial charge on any atom is 0.303 e. The summed E-state index contributed by atoms with van der Waals surface area (Å²) < 4.78 is 25.0. The third-order valence-corrected chi connectivity index (χ3v) is 15.6. The summed E-state index contributed by atoms with van der Waals surface area (Å²) in [6.45, 7) is 19.8. The summed E-state index contributed by atoms with van der Waals surface area (Å²) >= 11 is 0. The fraction of sp³-hybridized carbons (Fsp3) is 0.921. The number of allylic oxidation sites excluding steroid dienone is 2. The van der Waals surface area contributed by atoms with Gasteiger partial charge in [0.05, 0.1) is 24.4 Å². The van der Waals surface area contributed by atoms with E-state index in [1.165, 1.54) is 38.2 Å². The average molecular weight is 645 g/mol. The van der Waals surface area contributed by atoms with E-state index in [2.05, 4.69) is 41.5 Å². The Kier molecular flexibility index (Phi) is 7.54. The molecule has 2 heterocycles. The van der Waals surface area contributed by atoms with Crippen LogP contribution in [0.25, 0.3) is 0 Å². The maximum absolute atomic E-state index is 12.1. The molecular formula is C38H60O8. The molecule has 7 rings (SSSR count). The Labute approximate surface area is 276 Å². The van der Waals surface area contributed by atoms with E-state index in [0.717, 1.165) is 31.4 Å². The summed E-state index contributed by atoms with van der Waals surface area (Å²) in [5, 5.41) is 31.9. The second kappa shape index (κ2) is 10.4. The van der Waals surface area contributed by atoms with Crippen LogP contribution in [0.2, 0.25) is 0 Å². The lowest BCUT2D eigenvalue weighted by Crippen LogP contribution is -2.59. The predicted octanol–water partition coefficient (Wildman–Crippen LogP) is 5.90. The molecule has 0 amide bonds. The van der Waals surface area contributed by atoms with Crippen molar-refractivity contribution < 1.29 is 39.1 Å². The van der Waals surface area contributed by atoms with Gasteiger partial charge in [-0.25, -0.2) is 0 Å². The highest BCUT2D eigenvalue weighted by molar-refractivity contribution is 5.66. The molecule has 5 fully saturated rings. The smallest absolute Gasteiger partial charge is 0.303 e. The molecule has 0 bridgehead atoms. The molecule has 0 radical (unpaired) electrons. The Morgan fingerprint density at radius 2 is 1.65 bits per heavy atom. The quantitative estimate of drug-likeness (QED) is 0.251. The molecule has 14 atom stereocenters. The van der Waals surface area contributed by atoms with Gasteiger partial charge in [0.2, 0.25) is 0 Å². The molecule has 1 saturated heterocycles. The fourth-order valence-corrected chi connectivity index (χ4v) is 13.4. The van der Waals surface area contributed by atoms with Crippen LogP contribution in [0, 0.1) is 50.7 Å². The van der Waals surface area contributed by atoms with E-state index in [-0.39, 0.29) is 40.3 Å². The molecule has 0 aromatic carbocycles. The third-order valence-electron chi connectivity index (χ3n) is 15.6. The van der Waals surface area contributed by atoms with Crippen molar-refractivity contribution in [3.63, 3.8) is 0 Å². The van der Waals surface area contributed by atoms with Crippen molar-refractivity contribution in [1.29, 1.82) is 0 Å². The molecule has 46 heavy (non-hydrogen) atoms. The van der Waals surface area contributed by atoms with Crippen LogP contribution in [0.5, 0.6) is 0 Å². The largest absolute Gasteiger partial charge is 0.490 e. The Bertz CT molecular complexity index is 1290. The highest BCUT2D eigenvalue weighted by Crippen LogP contribution is 2.89. The number of hydrogen-bond acceptors (Lipinski definition) is 8. The summed E-state index contributed by atoms with van der Waals surface area (Å²) in [4.78, 5) is 12.1. The lowest BCUT2D eigenvalue weighted by Gasteiger charge is -2.64. The molecule has 2 spiro atoms. The maximum atomic E-state index is 12.1. The van der Waals surface area contributed by atoms with Crippen molar-refractivity contribution in [2.45, 2.75) is 163 Å². The van der Waals surface area contributed by atoms with Gasteiger partial charge in [-0.05, 0) is 122 Å². The molecule has 7 aliphatic rings. The van der Waals surface area contributed by atoms with Crippen molar-refractivity contribution in [2.75, 3.05) is 6.61 Å². The van der Waals surface area contributed by atoms with E-state index in [4.69, 9.17) is 18.9 Å². The van der Waals surface area contributed by atoms with Crippen LogP contribution in [0.15, 0.2) is 11.3 Å². The molecule has 260 valence electrons. The molecule has 0 aromatic heterocycles. The molecule has 8 heteroatoms. The van der Waals surface area contributed by atoms with Crippen LogP contribution in [0.4, 0.5) is 0 Å². The molecular weight excluding hydrogens is 584 g/mol. The number of esters is 1. The standard InChI is InChI=1S/C38H60O8/c1-20-18-24(31(34(6,7)42)44-22(3)39)45-30-21(2)36(9)26-11-10-25-33(4,5)27(46-32-29(41)23(40)13-17-43-32)12-14-37(25)19-38(26,37)16-15-35(36,8)28(20)30/h20-21,23-27,29,31-32,40-42H,10-19H2,1-9H3. The molecule has 0 aromatic rings. The average Bonchev–Trinajstić information content (AvgIpc) is 3.59. The van der Waals surface area contributed by atoms with Crippen molar-refractivity contribution in [3.05, 3.63) is 11.3 Å². The van der Waals surface area contributed by atoms with Gasteiger partial charge < -0.3 is 34.3 Å². The van der Waals surface area contributed by atoms with Gasteiger partial charge in [0.1, 0.15) is 18.0 Å². The minimum atomic E-state index is -1.21. The topological polar surface area (TPSA) is 115 Å². The lowest BCUT2D eigenvalue weighted by molar-refractivity contribution is -0.285. The summed E-state index contributed by atoms with van der Waals surface area (Å²) in [6.07, 6.45) is 5.65. The van der Waals surface area contributed by atoms with Crippen LogP contribution < -0.4 is 0 Å². The van der Waals surface area contributed by atoms with Gasteiger partial charge in [0.15, 0.2) is 12.4 Å². The highest BCUT2D eigenvalue weighted by Gasteiger charge is 2.83. The van der Waals surface area contributed by atoms with Crippen molar-refractivity contribution in [3.8, 4) is 0 Å². The number of hydrogen-bond donors (Lipinski definition) is 3. The Morgan fingerprint density at radius 1 is 0.978 bits per heavy atom. The minimum Gasteiger partial charge on any atom is -0.490 e. The van der Waals surface area contributed by atoms with Crippen molar-refractivity contribution in [2.24, 2.45) is 50.7 Å². The molecule has 2 aliphatic heterocycles. The molecule has 5 aliphatic carbocycles. The number of fused-ring (bicyclic) bond motifs is 3. The van der Waals surface area contributed by atoms with Crippen LogP contribution in [0.1, 0.15) is 120 Å². The lowest BCUT2D eigenvalue weighted by atomic mass is 9.40. The fourth-order valence-electron chi connectivity index (χ4n) is 13.4. The number of rotatable bonds is 5. The number of carbonyl (C=O) groups excluding carboxylic acids is 1. The van der Waals surface area contributed by atoms with E-state index < -0.39 is 36.2 Å². The van der Waals surface area contributed by atoms with Gasteiger partial charge in [0, 0.05) is 12.8 Å². The first kappa shape index (κ1) is 33.3. The molecule has 4 saturated carbocycles. The van der Waals surface area contributed by atoms with Crippen LogP contribution in [-0.4, -0.2) is 70.3 Å². The zero-order valence-electron chi connectivity index (χ0n) is 29.7. The summed E-state index contributed by atoms with van der Waals surface area (Å²) in [5.41, 5.74) is 0.925. The Morgan fingerprint density at radius 3 is 2.33 bits per heavy atom. The van der Waals surface area contributed by atoms with Crippen LogP contribution in [0.3, 0.4) is 0 Å². The first-order valence-electron chi connectivity index (χ1n) is 18.3. The van der Waals surface area contributed by atoms with Crippen LogP contribution in [-0.2, 0) is 23.7 Å². The highest BCUT2D eigenvalue weighted by atomic mass is 16.7. The van der Waals surface area contributed by atoms with Crippen molar-refractivity contribution >= 4 is 5.97 Å². The summed E-state index contributed by atoms with van der Waals surface area (Å²) in [5.74, 6) is 2.37. The number of aliphatic hydroxyl groups excluding tert-OH is 2. The number of aliphatic hydroxyl groups is 3. The van der Waals surface area contributed by atoms with E-state index in [1.54, 1.807) is 13.8 Å². The minimum absolute atomic E-state index is 0.0155. The third kappa shape index (κ3) is 4.24. The Balaban J connectivity index is 1.16. The first-order chi connectivity index (χ1) is 21.3. The van der Waals surface area contributed by atoms with E-state index >= 15 is 0 Å². The molecule has 8 nitrogen and oxygen atoms in total. The van der Waals surface area contributed by atoms with Gasteiger partial charge in [-0.2, -0.15) is 0 Å². The van der Waals surface area contributed by atoms with E-state index in [0.29, 0.717) is 35.7 Å². The second-order valence-electron chi connectivity index (χ2n) is 18.3. The normalized spacial score (nSPS) is 51.4. The van der Waals surface area contributed by atoms with Crippen LogP contribution >= 0.6 is 0 Å². The zero-order valence-corrected chi connectivity index (χ0v) is 29.7.